The number of ether oxygens (including phenoxy) is 2. The number of hydrogen-bond acceptors (Lipinski definition) is 2. The molecular weight excluding hydrogens is 468 g/mol. The lowest BCUT2D eigenvalue weighted by Crippen LogP contribution is -2.26. The van der Waals surface area contributed by atoms with Gasteiger partial charge in [-0.05, 0) is 87.7 Å². The van der Waals surface area contributed by atoms with Crippen molar-refractivity contribution < 1.29 is 27.0 Å². The number of halogens is 4. The zero-order chi connectivity index (χ0) is 25.7. The van der Waals surface area contributed by atoms with E-state index >= 15 is 13.2 Å². The second-order valence-corrected chi connectivity index (χ2v) is 10.4. The summed E-state index contributed by atoms with van der Waals surface area (Å²) in [6.07, 6.45) is 8.77. The van der Waals surface area contributed by atoms with Gasteiger partial charge in [-0.15, -0.1) is 0 Å². The van der Waals surface area contributed by atoms with Crippen molar-refractivity contribution in [3.8, 4) is 11.1 Å². The molecule has 2 fully saturated rings. The fraction of sp³-hybridized carbons (Fsp3) is 0.600. The first-order valence-electron chi connectivity index (χ1n) is 13.6. The zero-order valence-electron chi connectivity index (χ0n) is 21.4. The topological polar surface area (TPSA) is 18.5 Å². The number of hydrogen-bond donors (Lipinski definition) is 0. The van der Waals surface area contributed by atoms with Gasteiger partial charge in [-0.2, -0.15) is 0 Å². The molecule has 2 aliphatic rings. The summed E-state index contributed by atoms with van der Waals surface area (Å²) in [5, 5.41) is 0. The van der Waals surface area contributed by atoms with E-state index in [0.29, 0.717) is 56.5 Å². The Morgan fingerprint density at radius 3 is 2.11 bits per heavy atom. The highest BCUT2D eigenvalue weighted by molar-refractivity contribution is 5.66. The third-order valence-corrected chi connectivity index (χ3v) is 7.98. The minimum atomic E-state index is -1.13. The average molecular weight is 507 g/mol. The van der Waals surface area contributed by atoms with E-state index < -0.39 is 23.3 Å². The lowest BCUT2D eigenvalue weighted by Gasteiger charge is -2.29. The van der Waals surface area contributed by atoms with Crippen LogP contribution in [0.4, 0.5) is 17.6 Å². The van der Waals surface area contributed by atoms with Crippen LogP contribution in [0.15, 0.2) is 24.3 Å². The molecule has 1 aliphatic heterocycles. The molecule has 0 radical (unpaired) electrons. The Bertz CT molecular complexity index is 1010. The van der Waals surface area contributed by atoms with Crippen molar-refractivity contribution in [2.45, 2.75) is 96.2 Å². The molecule has 1 aliphatic carbocycles. The number of benzene rings is 2. The van der Waals surface area contributed by atoms with Gasteiger partial charge in [0.05, 0.1) is 12.2 Å². The molecule has 2 unspecified atom stereocenters. The van der Waals surface area contributed by atoms with Crippen molar-refractivity contribution in [2.75, 3.05) is 13.2 Å². The number of rotatable bonds is 9. The lowest BCUT2D eigenvalue weighted by molar-refractivity contribution is -0.0218. The second kappa shape index (κ2) is 12.6. The molecule has 0 bridgehead atoms. The van der Waals surface area contributed by atoms with Crippen molar-refractivity contribution in [1.82, 2.24) is 0 Å². The van der Waals surface area contributed by atoms with Crippen LogP contribution in [0.1, 0.15) is 88.7 Å². The molecule has 1 saturated carbocycles. The van der Waals surface area contributed by atoms with Gasteiger partial charge in [0.2, 0.25) is 0 Å². The summed E-state index contributed by atoms with van der Waals surface area (Å²) in [5.41, 5.74) is 0.0718. The summed E-state index contributed by atoms with van der Waals surface area (Å²) < 4.78 is 71.6. The van der Waals surface area contributed by atoms with Crippen molar-refractivity contribution >= 4 is 0 Å². The highest BCUT2D eigenvalue weighted by Crippen LogP contribution is 2.38. The van der Waals surface area contributed by atoms with Crippen molar-refractivity contribution in [3.63, 3.8) is 0 Å². The van der Waals surface area contributed by atoms with Crippen LogP contribution in [-0.2, 0) is 15.9 Å². The van der Waals surface area contributed by atoms with E-state index in [-0.39, 0.29) is 28.7 Å². The van der Waals surface area contributed by atoms with Crippen molar-refractivity contribution in [1.29, 1.82) is 0 Å². The molecular formula is C30H38F4O2. The Labute approximate surface area is 212 Å². The Morgan fingerprint density at radius 2 is 1.47 bits per heavy atom. The number of aryl methyl sites for hydroxylation is 1. The first-order valence-corrected chi connectivity index (χ1v) is 13.6. The molecule has 0 N–H and O–H groups in total. The van der Waals surface area contributed by atoms with Crippen LogP contribution in [0.5, 0.6) is 0 Å². The van der Waals surface area contributed by atoms with E-state index in [4.69, 9.17) is 9.47 Å². The van der Waals surface area contributed by atoms with Gasteiger partial charge in [0.25, 0.3) is 0 Å². The fourth-order valence-electron chi connectivity index (χ4n) is 5.85. The van der Waals surface area contributed by atoms with Gasteiger partial charge in [0, 0.05) is 24.3 Å². The normalized spacial score (nSPS) is 24.7. The predicted molar refractivity (Wildman–Crippen MR) is 134 cm³/mol. The van der Waals surface area contributed by atoms with Crippen LogP contribution in [0, 0.1) is 29.2 Å². The van der Waals surface area contributed by atoms with E-state index in [2.05, 4.69) is 6.92 Å². The molecule has 6 heteroatoms. The van der Waals surface area contributed by atoms with Gasteiger partial charge in [-0.1, -0.05) is 37.6 Å². The summed E-state index contributed by atoms with van der Waals surface area (Å²) in [7, 11) is 0. The van der Waals surface area contributed by atoms with Crippen LogP contribution in [-0.4, -0.2) is 25.4 Å². The van der Waals surface area contributed by atoms with Gasteiger partial charge in [-0.25, -0.2) is 17.6 Å². The first kappa shape index (κ1) is 27.1. The highest BCUT2D eigenvalue weighted by Gasteiger charge is 2.28. The smallest absolute Gasteiger partial charge is 0.167 e. The highest BCUT2D eigenvalue weighted by atomic mass is 19.2. The fourth-order valence-corrected chi connectivity index (χ4v) is 5.85. The molecule has 0 aromatic heterocycles. The summed E-state index contributed by atoms with van der Waals surface area (Å²) in [6.45, 7) is 5.38. The van der Waals surface area contributed by atoms with Gasteiger partial charge < -0.3 is 9.47 Å². The van der Waals surface area contributed by atoms with E-state index in [9.17, 15) is 4.39 Å². The van der Waals surface area contributed by atoms with Crippen LogP contribution >= 0.6 is 0 Å². The van der Waals surface area contributed by atoms with Crippen LogP contribution < -0.4 is 0 Å². The maximum absolute atomic E-state index is 15.1. The quantitative estimate of drug-likeness (QED) is 0.318. The second-order valence-electron chi connectivity index (χ2n) is 10.4. The minimum Gasteiger partial charge on any atom is -0.379 e. The standard InChI is InChI=1S/C30H38F4O2/c1-3-5-22-12-7-19(18-36-22)6-8-21-11-15-25(29(33)27(21)31)26-17-16-24(28(32)30(26)34)20-9-13-23(14-10-20)35-4-2/h11,15-17,19-20,22-23H,3-10,12-14,18H2,1-2H3. The van der Waals surface area contributed by atoms with Crippen molar-refractivity contribution in [2.24, 2.45) is 5.92 Å². The van der Waals surface area contributed by atoms with E-state index in [1.807, 2.05) is 6.92 Å². The largest absolute Gasteiger partial charge is 0.379 e. The van der Waals surface area contributed by atoms with Crippen LogP contribution in [0.2, 0.25) is 0 Å². The molecule has 2 aromatic rings. The predicted octanol–water partition coefficient (Wildman–Crippen LogP) is 8.50. The maximum atomic E-state index is 15.1. The Kier molecular flexibility index (Phi) is 9.46. The Balaban J connectivity index is 1.43. The average Bonchev–Trinajstić information content (AvgIpc) is 2.89. The summed E-state index contributed by atoms with van der Waals surface area (Å²) in [6, 6.07) is 5.77. The van der Waals surface area contributed by atoms with Crippen LogP contribution in [0.3, 0.4) is 0 Å². The monoisotopic (exact) mass is 506 g/mol. The lowest BCUT2D eigenvalue weighted by atomic mass is 9.82. The summed E-state index contributed by atoms with van der Waals surface area (Å²) in [4.78, 5) is 0. The zero-order valence-corrected chi connectivity index (χ0v) is 21.4. The third-order valence-electron chi connectivity index (χ3n) is 7.98. The van der Waals surface area contributed by atoms with E-state index in [1.165, 1.54) is 24.3 Å². The molecule has 0 spiro atoms. The Morgan fingerprint density at radius 1 is 0.778 bits per heavy atom. The van der Waals surface area contributed by atoms with Gasteiger partial charge >= 0.3 is 0 Å². The molecule has 198 valence electrons. The van der Waals surface area contributed by atoms with E-state index in [0.717, 1.165) is 38.5 Å². The summed E-state index contributed by atoms with van der Waals surface area (Å²) in [5.74, 6) is -3.97. The molecule has 1 heterocycles. The first-order chi connectivity index (χ1) is 17.4. The molecule has 0 amide bonds. The molecule has 2 atom stereocenters. The molecule has 2 nitrogen and oxygen atoms in total. The molecule has 1 saturated heterocycles. The van der Waals surface area contributed by atoms with E-state index in [1.54, 1.807) is 0 Å². The van der Waals surface area contributed by atoms with Gasteiger partial charge in [0.15, 0.2) is 23.3 Å². The van der Waals surface area contributed by atoms with Gasteiger partial charge in [0.1, 0.15) is 0 Å². The molecule has 2 aromatic carbocycles. The minimum absolute atomic E-state index is 0.102. The van der Waals surface area contributed by atoms with Gasteiger partial charge in [-0.3, -0.25) is 0 Å². The maximum Gasteiger partial charge on any atom is 0.167 e. The van der Waals surface area contributed by atoms with Crippen molar-refractivity contribution in [3.05, 3.63) is 58.7 Å². The van der Waals surface area contributed by atoms with Crippen LogP contribution in [0.25, 0.3) is 11.1 Å². The Hall–Kier alpha value is -1.92. The SMILES string of the molecule is CCCC1CCC(CCc2ccc(-c3ccc(C4CCC(OCC)CC4)c(F)c3F)c(F)c2F)CO1. The third kappa shape index (κ3) is 6.13. The molecule has 4 rings (SSSR count). The molecule has 36 heavy (non-hydrogen) atoms. The summed E-state index contributed by atoms with van der Waals surface area (Å²) >= 11 is 0.